The minimum Gasteiger partial charge on any atom is -0.491 e. The molecule has 1 aliphatic heterocycles. The molecule has 1 aromatic rings. The number of benzene rings is 1. The quantitative estimate of drug-likeness (QED) is 0.685. The smallest absolute Gasteiger partial charge is 0.257 e. The third kappa shape index (κ3) is 6.95. The van der Waals surface area contributed by atoms with Gasteiger partial charge in [-0.2, -0.15) is 0 Å². The molecule has 2 aliphatic rings. The van der Waals surface area contributed by atoms with E-state index in [2.05, 4.69) is 24.1 Å². The van der Waals surface area contributed by atoms with Crippen LogP contribution in [-0.2, 0) is 9.53 Å². The number of amides is 2. The number of ether oxygens (including phenoxy) is 2. The van der Waals surface area contributed by atoms with Crippen molar-refractivity contribution >= 4 is 17.5 Å². The Labute approximate surface area is 205 Å². The number of methoxy groups -OCH3 is 1. The Morgan fingerprint density at radius 3 is 2.59 bits per heavy atom. The molecule has 7 heteroatoms. The highest BCUT2D eigenvalue weighted by Gasteiger charge is 2.29. The van der Waals surface area contributed by atoms with Crippen LogP contribution in [0.1, 0.15) is 69.7 Å². The zero-order valence-corrected chi connectivity index (χ0v) is 21.6. The van der Waals surface area contributed by atoms with Crippen molar-refractivity contribution in [2.45, 2.75) is 71.4 Å². The van der Waals surface area contributed by atoms with Crippen LogP contribution in [0, 0.1) is 11.8 Å². The number of hydrogen-bond acceptors (Lipinski definition) is 5. The van der Waals surface area contributed by atoms with Gasteiger partial charge < -0.3 is 19.7 Å². The third-order valence-corrected chi connectivity index (χ3v) is 7.40. The molecule has 1 aliphatic carbocycles. The molecular formula is C27H43N3O4. The summed E-state index contributed by atoms with van der Waals surface area (Å²) in [5.41, 5.74) is 1.07. The summed E-state index contributed by atoms with van der Waals surface area (Å²) in [5.74, 6) is 1.33. The van der Waals surface area contributed by atoms with Crippen molar-refractivity contribution in [3.05, 3.63) is 23.8 Å². The highest BCUT2D eigenvalue weighted by molar-refractivity contribution is 5.99. The summed E-state index contributed by atoms with van der Waals surface area (Å²) in [7, 11) is 3.53. The molecule has 7 nitrogen and oxygen atoms in total. The van der Waals surface area contributed by atoms with E-state index in [1.165, 1.54) is 32.1 Å². The molecule has 3 atom stereocenters. The Hall–Kier alpha value is -2.12. The first-order valence-corrected chi connectivity index (χ1v) is 12.9. The molecular weight excluding hydrogens is 430 g/mol. The average Bonchev–Trinajstić information content (AvgIpc) is 2.85. The molecule has 1 aromatic carbocycles. The standard InChI is InChI=1S/C27H43N3O4/c1-6-26(31)28-22-12-13-24-23(14-22)27(32)29(4)17-25(33-5)19(2)15-30(20(3)18-34-24)16-21-10-8-7-9-11-21/h12-14,19-21,25H,6-11,15-18H2,1-5H3,(H,28,31)/t19-,20+,25+/m1/s1. The number of anilines is 1. The van der Waals surface area contributed by atoms with Crippen LogP contribution in [0.15, 0.2) is 18.2 Å². The first kappa shape index (κ1) is 26.5. The molecule has 1 heterocycles. The lowest BCUT2D eigenvalue weighted by Gasteiger charge is -2.38. The van der Waals surface area contributed by atoms with Gasteiger partial charge >= 0.3 is 0 Å². The number of likely N-dealkylation sites (N-methyl/N-ethyl adjacent to an activating group) is 1. The number of nitrogens with one attached hydrogen (secondary N) is 1. The van der Waals surface area contributed by atoms with E-state index in [1.54, 1.807) is 44.2 Å². The number of carbonyl (C=O) groups excluding carboxylic acids is 2. The van der Waals surface area contributed by atoms with Crippen LogP contribution in [0.4, 0.5) is 5.69 Å². The minimum absolute atomic E-state index is 0.0678. The molecule has 34 heavy (non-hydrogen) atoms. The fourth-order valence-corrected chi connectivity index (χ4v) is 5.13. The van der Waals surface area contributed by atoms with Crippen LogP contribution in [0.25, 0.3) is 0 Å². The largest absolute Gasteiger partial charge is 0.491 e. The van der Waals surface area contributed by atoms with Crippen LogP contribution in [0.3, 0.4) is 0 Å². The van der Waals surface area contributed by atoms with Crippen LogP contribution >= 0.6 is 0 Å². The first-order valence-electron chi connectivity index (χ1n) is 12.9. The number of fused-ring (bicyclic) bond motifs is 1. The highest BCUT2D eigenvalue weighted by Crippen LogP contribution is 2.28. The van der Waals surface area contributed by atoms with E-state index in [4.69, 9.17) is 9.47 Å². The molecule has 2 amide bonds. The number of rotatable bonds is 5. The molecule has 190 valence electrons. The summed E-state index contributed by atoms with van der Waals surface area (Å²) >= 11 is 0. The lowest BCUT2D eigenvalue weighted by molar-refractivity contribution is -0.115. The molecule has 0 spiro atoms. The Kier molecular flexibility index (Phi) is 9.77. The van der Waals surface area contributed by atoms with E-state index in [0.29, 0.717) is 36.6 Å². The number of carbonyl (C=O) groups is 2. The van der Waals surface area contributed by atoms with E-state index in [-0.39, 0.29) is 29.9 Å². The normalized spacial score (nSPS) is 25.6. The summed E-state index contributed by atoms with van der Waals surface area (Å²) in [6.07, 6.45) is 6.94. The lowest BCUT2D eigenvalue weighted by Crippen LogP contribution is -2.48. The van der Waals surface area contributed by atoms with Gasteiger partial charge in [-0.15, -0.1) is 0 Å². The first-order chi connectivity index (χ1) is 16.3. The third-order valence-electron chi connectivity index (χ3n) is 7.40. The molecule has 0 bridgehead atoms. The van der Waals surface area contributed by atoms with Gasteiger partial charge in [-0.05, 0) is 49.8 Å². The van der Waals surface area contributed by atoms with Gasteiger partial charge in [-0.3, -0.25) is 14.5 Å². The number of hydrogen-bond donors (Lipinski definition) is 1. The van der Waals surface area contributed by atoms with E-state index in [0.717, 1.165) is 19.0 Å². The molecule has 1 saturated carbocycles. The van der Waals surface area contributed by atoms with Gasteiger partial charge in [0.1, 0.15) is 12.4 Å². The van der Waals surface area contributed by atoms with Gasteiger partial charge in [0.25, 0.3) is 5.91 Å². The molecule has 0 saturated heterocycles. The van der Waals surface area contributed by atoms with Gasteiger partial charge in [0.2, 0.25) is 5.91 Å². The van der Waals surface area contributed by atoms with Gasteiger partial charge in [-0.1, -0.05) is 33.1 Å². The van der Waals surface area contributed by atoms with Gasteiger partial charge in [-0.25, -0.2) is 0 Å². The van der Waals surface area contributed by atoms with Crippen molar-refractivity contribution in [2.24, 2.45) is 11.8 Å². The lowest BCUT2D eigenvalue weighted by atomic mass is 9.88. The van der Waals surface area contributed by atoms with Gasteiger partial charge in [0.15, 0.2) is 0 Å². The molecule has 1 fully saturated rings. The molecule has 0 radical (unpaired) electrons. The Morgan fingerprint density at radius 2 is 1.91 bits per heavy atom. The predicted molar refractivity (Wildman–Crippen MR) is 135 cm³/mol. The summed E-state index contributed by atoms with van der Waals surface area (Å²) in [5, 5.41) is 2.85. The van der Waals surface area contributed by atoms with Crippen molar-refractivity contribution < 1.29 is 19.1 Å². The zero-order valence-electron chi connectivity index (χ0n) is 21.6. The minimum atomic E-state index is -0.135. The fraction of sp³-hybridized carbons (Fsp3) is 0.704. The van der Waals surface area contributed by atoms with Crippen molar-refractivity contribution in [1.82, 2.24) is 9.80 Å². The summed E-state index contributed by atoms with van der Waals surface area (Å²) in [4.78, 5) is 29.6. The summed E-state index contributed by atoms with van der Waals surface area (Å²) in [6.45, 7) is 9.22. The Bertz CT molecular complexity index is 824. The maximum Gasteiger partial charge on any atom is 0.257 e. The van der Waals surface area contributed by atoms with Crippen LogP contribution in [0.5, 0.6) is 5.75 Å². The predicted octanol–water partition coefficient (Wildman–Crippen LogP) is 4.42. The van der Waals surface area contributed by atoms with E-state index in [1.807, 2.05) is 0 Å². The highest BCUT2D eigenvalue weighted by atomic mass is 16.5. The molecule has 1 N–H and O–H groups in total. The van der Waals surface area contributed by atoms with E-state index in [9.17, 15) is 9.59 Å². The summed E-state index contributed by atoms with van der Waals surface area (Å²) in [6, 6.07) is 5.54. The molecule has 3 rings (SSSR count). The van der Waals surface area contributed by atoms with Crippen LogP contribution in [-0.4, -0.2) is 74.2 Å². The Morgan fingerprint density at radius 1 is 1.18 bits per heavy atom. The van der Waals surface area contributed by atoms with Crippen molar-refractivity contribution in [3.63, 3.8) is 0 Å². The van der Waals surface area contributed by atoms with Crippen LogP contribution in [0.2, 0.25) is 0 Å². The monoisotopic (exact) mass is 473 g/mol. The maximum atomic E-state index is 13.4. The second-order valence-corrected chi connectivity index (χ2v) is 10.2. The van der Waals surface area contributed by atoms with E-state index >= 15 is 0 Å². The Balaban J connectivity index is 1.88. The summed E-state index contributed by atoms with van der Waals surface area (Å²) < 4.78 is 12.1. The number of nitrogens with zero attached hydrogens (tertiary/aromatic N) is 2. The van der Waals surface area contributed by atoms with Gasteiger partial charge in [0, 0.05) is 51.9 Å². The zero-order chi connectivity index (χ0) is 24.7. The average molecular weight is 474 g/mol. The van der Waals surface area contributed by atoms with Crippen LogP contribution < -0.4 is 10.1 Å². The van der Waals surface area contributed by atoms with Gasteiger partial charge in [0.05, 0.1) is 11.7 Å². The molecule has 0 aromatic heterocycles. The fourth-order valence-electron chi connectivity index (χ4n) is 5.13. The molecule has 0 unspecified atom stereocenters. The maximum absolute atomic E-state index is 13.4. The SMILES string of the molecule is CCC(=O)Nc1ccc2c(c1)C(=O)N(C)C[C@H](OC)[C@H](C)CN(CC1CCCCC1)[C@@H](C)CO2. The topological polar surface area (TPSA) is 71.1 Å². The van der Waals surface area contributed by atoms with Crippen molar-refractivity contribution in [2.75, 3.05) is 45.7 Å². The second kappa shape index (κ2) is 12.5. The van der Waals surface area contributed by atoms with Crippen molar-refractivity contribution in [1.29, 1.82) is 0 Å². The van der Waals surface area contributed by atoms with E-state index < -0.39 is 0 Å². The second-order valence-electron chi connectivity index (χ2n) is 10.2. The van der Waals surface area contributed by atoms with Crippen molar-refractivity contribution in [3.8, 4) is 5.75 Å².